The lowest BCUT2D eigenvalue weighted by Gasteiger charge is -2.31. The van der Waals surface area contributed by atoms with E-state index >= 15 is 0 Å². The molecule has 0 aromatic carbocycles. The largest absolute Gasteiger partial charge is 0.354 e. The molecule has 0 saturated carbocycles. The van der Waals surface area contributed by atoms with Crippen molar-refractivity contribution in [3.05, 3.63) is 39.8 Å². The molecule has 1 aliphatic rings. The van der Waals surface area contributed by atoms with Crippen LogP contribution in [-0.2, 0) is 13.5 Å². The number of amides is 1. The number of carbonyl (C=O) groups excluding carboxylic acids is 1. The second kappa shape index (κ2) is 6.44. The zero-order valence-corrected chi connectivity index (χ0v) is 13.6. The highest BCUT2D eigenvalue weighted by Crippen LogP contribution is 2.26. The smallest absolute Gasteiger partial charge is 0.343 e. The fourth-order valence-electron chi connectivity index (χ4n) is 3.22. The number of hydrogen-bond donors (Lipinski definition) is 2. The SMILES string of the molecule is CCCc1ccc(C(=O)N2CCC(c3n[nH]c(=O)n3C)CC2)[nH]1. The van der Waals surface area contributed by atoms with E-state index in [9.17, 15) is 9.59 Å². The van der Waals surface area contributed by atoms with Crippen LogP contribution in [0.5, 0.6) is 0 Å². The summed E-state index contributed by atoms with van der Waals surface area (Å²) in [6.45, 7) is 3.49. The minimum Gasteiger partial charge on any atom is -0.354 e. The summed E-state index contributed by atoms with van der Waals surface area (Å²) < 4.78 is 1.56. The Morgan fingerprint density at radius 2 is 2.09 bits per heavy atom. The summed E-state index contributed by atoms with van der Waals surface area (Å²) in [6, 6.07) is 3.86. The van der Waals surface area contributed by atoms with Crippen molar-refractivity contribution in [3.63, 3.8) is 0 Å². The number of aromatic amines is 2. The van der Waals surface area contributed by atoms with Gasteiger partial charge in [0.25, 0.3) is 5.91 Å². The Kier molecular flexibility index (Phi) is 4.36. The summed E-state index contributed by atoms with van der Waals surface area (Å²) in [5.41, 5.74) is 1.59. The first-order valence-electron chi connectivity index (χ1n) is 8.18. The molecule has 0 radical (unpaired) electrons. The summed E-state index contributed by atoms with van der Waals surface area (Å²) in [5, 5.41) is 6.59. The molecule has 2 N–H and O–H groups in total. The first-order chi connectivity index (χ1) is 11.1. The van der Waals surface area contributed by atoms with Crippen LogP contribution in [0.25, 0.3) is 0 Å². The lowest BCUT2D eigenvalue weighted by Crippen LogP contribution is -2.38. The molecular weight excluding hydrogens is 294 g/mol. The van der Waals surface area contributed by atoms with E-state index in [-0.39, 0.29) is 17.5 Å². The van der Waals surface area contributed by atoms with E-state index in [0.717, 1.165) is 37.2 Å². The third kappa shape index (κ3) is 3.09. The second-order valence-electron chi connectivity index (χ2n) is 6.16. The summed E-state index contributed by atoms with van der Waals surface area (Å²) >= 11 is 0. The van der Waals surface area contributed by atoms with Gasteiger partial charge < -0.3 is 9.88 Å². The summed E-state index contributed by atoms with van der Waals surface area (Å²) in [6.07, 6.45) is 3.67. The Bertz CT molecular complexity index is 734. The Balaban J connectivity index is 1.63. The van der Waals surface area contributed by atoms with Gasteiger partial charge in [-0.2, -0.15) is 5.10 Å². The van der Waals surface area contributed by atoms with Crippen LogP contribution in [0.4, 0.5) is 0 Å². The Hall–Kier alpha value is -2.31. The van der Waals surface area contributed by atoms with E-state index in [2.05, 4.69) is 22.1 Å². The Morgan fingerprint density at radius 1 is 1.35 bits per heavy atom. The van der Waals surface area contributed by atoms with Crippen molar-refractivity contribution in [3.8, 4) is 0 Å². The predicted octanol–water partition coefficient (Wildman–Crippen LogP) is 1.41. The molecule has 3 heterocycles. The van der Waals surface area contributed by atoms with E-state index in [1.165, 1.54) is 0 Å². The van der Waals surface area contributed by atoms with Crippen molar-refractivity contribution < 1.29 is 4.79 Å². The van der Waals surface area contributed by atoms with E-state index in [1.807, 2.05) is 17.0 Å². The van der Waals surface area contributed by atoms with Gasteiger partial charge in [0, 0.05) is 31.7 Å². The Morgan fingerprint density at radius 3 is 2.70 bits per heavy atom. The van der Waals surface area contributed by atoms with Crippen LogP contribution in [0, 0.1) is 0 Å². The van der Waals surface area contributed by atoms with Gasteiger partial charge in [-0.25, -0.2) is 9.89 Å². The number of hydrogen-bond acceptors (Lipinski definition) is 3. The van der Waals surface area contributed by atoms with Gasteiger partial charge in [0.2, 0.25) is 0 Å². The molecule has 1 saturated heterocycles. The number of aryl methyl sites for hydroxylation is 1. The topological polar surface area (TPSA) is 86.8 Å². The minimum atomic E-state index is -0.187. The molecular formula is C16H23N5O2. The number of H-pyrrole nitrogens is 2. The molecule has 2 aromatic heterocycles. The van der Waals surface area contributed by atoms with E-state index in [4.69, 9.17) is 0 Å². The van der Waals surface area contributed by atoms with E-state index in [1.54, 1.807) is 11.6 Å². The molecule has 0 atom stereocenters. The number of carbonyl (C=O) groups is 1. The van der Waals surface area contributed by atoms with Crippen molar-refractivity contribution in [2.24, 2.45) is 7.05 Å². The lowest BCUT2D eigenvalue weighted by atomic mass is 9.96. The van der Waals surface area contributed by atoms with Crippen LogP contribution in [0.15, 0.2) is 16.9 Å². The second-order valence-corrected chi connectivity index (χ2v) is 6.16. The fourth-order valence-corrected chi connectivity index (χ4v) is 3.22. The van der Waals surface area contributed by atoms with Crippen LogP contribution >= 0.6 is 0 Å². The van der Waals surface area contributed by atoms with Crippen LogP contribution < -0.4 is 5.69 Å². The average Bonchev–Trinajstić information content (AvgIpc) is 3.15. The van der Waals surface area contributed by atoms with Gasteiger partial charge in [-0.15, -0.1) is 0 Å². The molecule has 0 aliphatic carbocycles. The number of likely N-dealkylation sites (tertiary alicyclic amines) is 1. The number of rotatable bonds is 4. The maximum Gasteiger partial charge on any atom is 0.343 e. The molecule has 1 aliphatic heterocycles. The molecule has 7 nitrogen and oxygen atoms in total. The van der Waals surface area contributed by atoms with Crippen molar-refractivity contribution in [2.75, 3.05) is 13.1 Å². The van der Waals surface area contributed by atoms with Crippen LogP contribution in [-0.4, -0.2) is 43.6 Å². The van der Waals surface area contributed by atoms with Gasteiger partial charge in [-0.05, 0) is 31.4 Å². The van der Waals surface area contributed by atoms with Gasteiger partial charge in [0.15, 0.2) is 0 Å². The number of nitrogens with zero attached hydrogens (tertiary/aromatic N) is 3. The molecule has 0 unspecified atom stereocenters. The van der Waals surface area contributed by atoms with Gasteiger partial charge >= 0.3 is 5.69 Å². The van der Waals surface area contributed by atoms with Gasteiger partial charge in [0.05, 0.1) is 0 Å². The average molecular weight is 317 g/mol. The van der Waals surface area contributed by atoms with Gasteiger partial charge in [0.1, 0.15) is 11.5 Å². The molecule has 23 heavy (non-hydrogen) atoms. The highest BCUT2D eigenvalue weighted by atomic mass is 16.2. The number of aromatic nitrogens is 4. The zero-order chi connectivity index (χ0) is 16.4. The standard InChI is InChI=1S/C16H23N5O2/c1-3-4-12-5-6-13(17-12)15(22)21-9-7-11(8-10-21)14-18-19-16(23)20(14)2/h5-6,11,17H,3-4,7-10H2,1-2H3,(H,19,23). The number of nitrogens with one attached hydrogen (secondary N) is 2. The third-order valence-corrected chi connectivity index (χ3v) is 4.56. The molecule has 124 valence electrons. The maximum atomic E-state index is 12.5. The van der Waals surface area contributed by atoms with E-state index in [0.29, 0.717) is 18.8 Å². The van der Waals surface area contributed by atoms with Gasteiger partial charge in [-0.1, -0.05) is 13.3 Å². The van der Waals surface area contributed by atoms with Crippen LogP contribution in [0.1, 0.15) is 54.1 Å². The third-order valence-electron chi connectivity index (χ3n) is 4.56. The minimum absolute atomic E-state index is 0.0571. The monoisotopic (exact) mass is 317 g/mol. The highest BCUT2D eigenvalue weighted by Gasteiger charge is 2.27. The lowest BCUT2D eigenvalue weighted by molar-refractivity contribution is 0.0705. The quantitative estimate of drug-likeness (QED) is 0.894. The zero-order valence-electron chi connectivity index (χ0n) is 13.6. The summed E-state index contributed by atoms with van der Waals surface area (Å²) in [5.74, 6) is 1.07. The molecule has 2 aromatic rings. The molecule has 0 bridgehead atoms. The first kappa shape index (κ1) is 15.6. The predicted molar refractivity (Wildman–Crippen MR) is 86.5 cm³/mol. The van der Waals surface area contributed by atoms with Crippen LogP contribution in [0.3, 0.4) is 0 Å². The van der Waals surface area contributed by atoms with Crippen molar-refractivity contribution in [2.45, 2.75) is 38.5 Å². The fraction of sp³-hybridized carbons (Fsp3) is 0.562. The Labute approximate surface area is 134 Å². The van der Waals surface area contributed by atoms with Crippen molar-refractivity contribution in [1.82, 2.24) is 24.6 Å². The molecule has 1 amide bonds. The van der Waals surface area contributed by atoms with Crippen molar-refractivity contribution >= 4 is 5.91 Å². The highest BCUT2D eigenvalue weighted by molar-refractivity contribution is 5.92. The summed E-state index contributed by atoms with van der Waals surface area (Å²) in [4.78, 5) is 29.1. The number of piperidine rings is 1. The summed E-state index contributed by atoms with van der Waals surface area (Å²) in [7, 11) is 1.73. The van der Waals surface area contributed by atoms with Crippen LogP contribution in [0.2, 0.25) is 0 Å². The first-order valence-corrected chi connectivity index (χ1v) is 8.18. The molecule has 1 fully saturated rings. The molecule has 0 spiro atoms. The van der Waals surface area contributed by atoms with Crippen molar-refractivity contribution in [1.29, 1.82) is 0 Å². The van der Waals surface area contributed by atoms with E-state index < -0.39 is 0 Å². The normalized spacial score (nSPS) is 16.0. The van der Waals surface area contributed by atoms with Gasteiger partial charge in [-0.3, -0.25) is 9.36 Å². The molecule has 7 heteroatoms. The molecule has 3 rings (SSSR count). The maximum absolute atomic E-state index is 12.5.